The van der Waals surface area contributed by atoms with Crippen LogP contribution in [0.2, 0.25) is 0 Å². The first-order valence-corrected chi connectivity index (χ1v) is 12.6. The molecule has 0 radical (unpaired) electrons. The number of phenolic OH excluding ortho intramolecular Hbond substituents is 3. The Morgan fingerprint density at radius 1 is 0.921 bits per heavy atom. The van der Waals surface area contributed by atoms with Crippen molar-refractivity contribution >= 4 is 17.2 Å². The Balaban J connectivity index is 0.000000403. The summed E-state index contributed by atoms with van der Waals surface area (Å²) in [4.78, 5) is 15.1. The number of phenols is 3. The molecule has 3 aromatic rings. The van der Waals surface area contributed by atoms with Crippen LogP contribution < -0.4 is 5.63 Å². The summed E-state index contributed by atoms with van der Waals surface area (Å²) in [6, 6.07) is 9.40. The van der Waals surface area contributed by atoms with Crippen molar-refractivity contribution < 1.29 is 45.9 Å². The van der Waals surface area contributed by atoms with Crippen LogP contribution >= 0.6 is 0 Å². The molecule has 0 aliphatic heterocycles. The van der Waals surface area contributed by atoms with Gasteiger partial charge in [-0.2, -0.15) is 0 Å². The molecule has 10 heteroatoms. The van der Waals surface area contributed by atoms with Crippen LogP contribution in [0, 0.1) is 0 Å². The second kappa shape index (κ2) is 14.8. The number of aliphatic hydroxyl groups excluding tert-OH is 1. The second-order valence-corrected chi connectivity index (χ2v) is 10.5. The fraction of sp³-hybridized carbons (Fsp3) is 0.429. The number of aliphatic imine (C=N–C) groups is 1. The summed E-state index contributed by atoms with van der Waals surface area (Å²) in [6.45, 7) is 14.5. The van der Waals surface area contributed by atoms with Gasteiger partial charge in [-0.1, -0.05) is 47.6 Å². The zero-order chi connectivity index (χ0) is 29.1. The van der Waals surface area contributed by atoms with Crippen LogP contribution in [-0.2, 0) is 31.9 Å². The van der Waals surface area contributed by atoms with Crippen molar-refractivity contribution in [2.24, 2.45) is 4.99 Å². The van der Waals surface area contributed by atoms with Gasteiger partial charge >= 0.3 is 26.7 Å². The molecule has 3 rings (SSSR count). The Labute approximate surface area is 232 Å². The van der Waals surface area contributed by atoms with Gasteiger partial charge in [0.15, 0.2) is 11.5 Å². The Hall–Kier alpha value is -2.98. The molecule has 0 aliphatic rings. The molecule has 207 valence electrons. The number of hydrogen-bond acceptors (Lipinski definition) is 8. The SMILES string of the molecule is CC(C)(C)c1cc(C=NCC[N-]CCO)c(O)c(C(C)(C)C)c1.O=c1ccc2cc(O)c(O)cc2o1.[O]=[V]. The van der Waals surface area contributed by atoms with E-state index in [1.165, 1.54) is 29.8 Å². The first-order chi connectivity index (χ1) is 17.7. The van der Waals surface area contributed by atoms with Gasteiger partial charge in [0.25, 0.3) is 0 Å². The summed E-state index contributed by atoms with van der Waals surface area (Å²) in [7, 11) is 0. The van der Waals surface area contributed by atoms with Crippen molar-refractivity contribution in [3.63, 3.8) is 0 Å². The summed E-state index contributed by atoms with van der Waals surface area (Å²) in [5.41, 5.74) is 2.52. The van der Waals surface area contributed by atoms with Crippen LogP contribution in [0.4, 0.5) is 0 Å². The van der Waals surface area contributed by atoms with Crippen LogP contribution in [0.5, 0.6) is 17.2 Å². The number of hydrogen-bond donors (Lipinski definition) is 4. The molecule has 1 heterocycles. The van der Waals surface area contributed by atoms with Crippen LogP contribution in [0.3, 0.4) is 0 Å². The first-order valence-electron chi connectivity index (χ1n) is 12.0. The van der Waals surface area contributed by atoms with Crippen molar-refractivity contribution in [1.82, 2.24) is 0 Å². The normalized spacial score (nSPS) is 11.5. The van der Waals surface area contributed by atoms with E-state index >= 15 is 0 Å². The predicted octanol–water partition coefficient (Wildman–Crippen LogP) is 4.86. The van der Waals surface area contributed by atoms with Crippen molar-refractivity contribution in [3.8, 4) is 17.2 Å². The summed E-state index contributed by atoms with van der Waals surface area (Å²) >= 11 is 1.06. The van der Waals surface area contributed by atoms with E-state index in [2.05, 4.69) is 57.9 Å². The van der Waals surface area contributed by atoms with E-state index in [4.69, 9.17) is 23.4 Å². The molecule has 1 aromatic heterocycles. The number of benzene rings is 2. The molecule has 0 aliphatic carbocycles. The van der Waals surface area contributed by atoms with Crippen LogP contribution in [0.1, 0.15) is 58.2 Å². The summed E-state index contributed by atoms with van der Waals surface area (Å²) in [6.07, 6.45) is 1.73. The number of aliphatic hydroxyl groups is 1. The summed E-state index contributed by atoms with van der Waals surface area (Å²) < 4.78 is 13.0. The molecule has 2 aromatic carbocycles. The third-order valence-corrected chi connectivity index (χ3v) is 5.41. The third kappa shape index (κ3) is 10.1. The first kappa shape index (κ1) is 33.1. The maximum atomic E-state index is 10.8. The minimum atomic E-state index is -0.488. The number of fused-ring (bicyclic) bond motifs is 1. The average molecular weight is 565 g/mol. The van der Waals surface area contributed by atoms with Gasteiger partial charge in [-0.25, -0.2) is 4.79 Å². The standard InChI is InChI=1S/C19H31N2O2.C9H6O4.O.V/c1-18(2,3)15-11-14(13-21-8-7-20-9-10-22)17(23)16(12-15)19(4,5)6;10-6-3-5-1-2-9(12)13-8(5)4-7(6)11;;/h11-13,22-23H,7-10H2,1-6H3;1-4,10-11H;;/q-1;;;. The fourth-order valence-corrected chi connectivity index (χ4v) is 3.33. The van der Waals surface area contributed by atoms with E-state index in [0.717, 1.165) is 28.5 Å². The molecule has 0 unspecified atom stereocenters. The topological polar surface area (TPSA) is 155 Å². The van der Waals surface area contributed by atoms with Crippen LogP contribution in [0.15, 0.2) is 50.6 Å². The summed E-state index contributed by atoms with van der Waals surface area (Å²) in [5, 5.41) is 42.2. The van der Waals surface area contributed by atoms with Crippen molar-refractivity contribution in [2.45, 2.75) is 52.4 Å². The van der Waals surface area contributed by atoms with Gasteiger partial charge in [-0.05, 0) is 34.6 Å². The molecule has 0 amide bonds. The fourth-order valence-electron chi connectivity index (χ4n) is 3.33. The van der Waals surface area contributed by atoms with Crippen LogP contribution in [-0.4, -0.2) is 52.9 Å². The maximum absolute atomic E-state index is 10.8. The Bertz CT molecular complexity index is 1280. The van der Waals surface area contributed by atoms with E-state index in [1.54, 1.807) is 6.21 Å². The molecule has 4 N–H and O–H groups in total. The Morgan fingerprint density at radius 3 is 2.13 bits per heavy atom. The van der Waals surface area contributed by atoms with E-state index in [9.17, 15) is 9.90 Å². The zero-order valence-corrected chi connectivity index (χ0v) is 24.1. The van der Waals surface area contributed by atoms with E-state index < -0.39 is 5.63 Å². The summed E-state index contributed by atoms with van der Waals surface area (Å²) in [5.74, 6) is -0.232. The number of rotatable bonds is 6. The van der Waals surface area contributed by atoms with Gasteiger partial charge in [0.1, 0.15) is 11.3 Å². The van der Waals surface area contributed by atoms with Crippen LogP contribution in [0.25, 0.3) is 16.3 Å². The van der Waals surface area contributed by atoms with Gasteiger partial charge in [-0.3, -0.25) is 4.99 Å². The molecular weight excluding hydrogens is 527 g/mol. The van der Waals surface area contributed by atoms with E-state index in [1.807, 2.05) is 6.07 Å². The van der Waals surface area contributed by atoms with Gasteiger partial charge < -0.3 is 30.2 Å². The van der Waals surface area contributed by atoms with E-state index in [0.29, 0.717) is 30.8 Å². The molecule has 38 heavy (non-hydrogen) atoms. The monoisotopic (exact) mass is 564 g/mol. The van der Waals surface area contributed by atoms with Gasteiger partial charge in [-0.15, -0.1) is 13.1 Å². The average Bonchev–Trinajstić information content (AvgIpc) is 2.83. The molecule has 0 fully saturated rings. The minimum absolute atomic E-state index is 0.00670. The molecule has 0 atom stereocenters. The second-order valence-electron chi connectivity index (χ2n) is 10.5. The third-order valence-electron chi connectivity index (χ3n) is 5.41. The van der Waals surface area contributed by atoms with E-state index in [-0.39, 0.29) is 34.5 Å². The molecule has 0 spiro atoms. The van der Waals surface area contributed by atoms with Gasteiger partial charge in [0.2, 0.25) is 0 Å². The molecule has 9 nitrogen and oxygen atoms in total. The van der Waals surface area contributed by atoms with Crippen molar-refractivity contribution in [2.75, 3.05) is 26.2 Å². The quantitative estimate of drug-likeness (QED) is 0.144. The Kier molecular flexibility index (Phi) is 12.9. The van der Waals surface area contributed by atoms with Gasteiger partial charge in [0.05, 0.1) is 0 Å². The number of aromatic hydroxyl groups is 3. The molecular formula is C28H37N2O7V-. The number of nitrogens with zero attached hydrogens (tertiary/aromatic N) is 2. The van der Waals surface area contributed by atoms with Gasteiger partial charge in [0, 0.05) is 48.0 Å². The van der Waals surface area contributed by atoms with Crippen molar-refractivity contribution in [1.29, 1.82) is 0 Å². The Morgan fingerprint density at radius 2 is 1.55 bits per heavy atom. The molecule has 0 bridgehead atoms. The zero-order valence-electron chi connectivity index (χ0n) is 22.7. The molecule has 0 saturated heterocycles. The predicted molar refractivity (Wildman–Crippen MR) is 145 cm³/mol. The molecule has 0 saturated carbocycles. The van der Waals surface area contributed by atoms with Crippen molar-refractivity contribution in [3.05, 3.63) is 68.8 Å².